The Labute approximate surface area is 65.7 Å². The van der Waals surface area contributed by atoms with E-state index in [-0.39, 0.29) is 5.78 Å². The quantitative estimate of drug-likeness (QED) is 0.253. The lowest BCUT2D eigenvalue weighted by atomic mass is 10.2. The van der Waals surface area contributed by atoms with Gasteiger partial charge in [-0.1, -0.05) is 24.8 Å². The number of carbonyl (C=O) groups excluding carboxylic acids is 1. The lowest BCUT2D eigenvalue weighted by Gasteiger charge is -1.82. The molecule has 0 fully saturated rings. The van der Waals surface area contributed by atoms with Crippen LogP contribution in [0.2, 0.25) is 0 Å². The summed E-state index contributed by atoms with van der Waals surface area (Å²) in [4.78, 5) is 13.3. The number of allylic oxidation sites excluding steroid dienone is 3. The van der Waals surface area contributed by atoms with Gasteiger partial charge >= 0.3 is 6.21 Å². The topological polar surface area (TPSA) is 53.5 Å². The van der Waals surface area contributed by atoms with E-state index < -0.39 is 0 Å². The lowest BCUT2D eigenvalue weighted by molar-refractivity contribution is -0.116. The molecule has 0 aliphatic rings. The third kappa shape index (κ3) is 6.41. The zero-order chi connectivity index (χ0) is 8.53. The van der Waals surface area contributed by atoms with Crippen LogP contribution >= 0.6 is 0 Å². The first-order valence-electron chi connectivity index (χ1n) is 3.29. The third-order valence-electron chi connectivity index (χ3n) is 1.03. The minimum atomic E-state index is -0.179. The van der Waals surface area contributed by atoms with Crippen LogP contribution in [-0.2, 0) is 4.79 Å². The van der Waals surface area contributed by atoms with Crippen LogP contribution in [0, 0.1) is 0 Å². The first-order valence-corrected chi connectivity index (χ1v) is 3.29. The van der Waals surface area contributed by atoms with E-state index in [1.165, 1.54) is 0 Å². The highest BCUT2D eigenvalue weighted by atomic mass is 16.1. The number of hydrogen-bond acceptors (Lipinski definition) is 1. The Balaban J connectivity index is 3.54. The van der Waals surface area contributed by atoms with Gasteiger partial charge in [0.05, 0.1) is 0 Å². The normalized spacial score (nSPS) is 9.09. The molecule has 0 amide bonds. The molecule has 0 radical (unpaired) electrons. The summed E-state index contributed by atoms with van der Waals surface area (Å²) in [6.45, 7) is 3.48. The molecule has 0 atom stereocenters. The standard InChI is InChI=1S/C8H10N2O/c1-2-3-4-5-6-8(11)7-10-9/h2-4,7H,1,5-6H2. The van der Waals surface area contributed by atoms with Crippen LogP contribution in [0.25, 0.3) is 5.53 Å². The van der Waals surface area contributed by atoms with Crippen molar-refractivity contribution < 1.29 is 9.58 Å². The Morgan fingerprint density at radius 3 is 2.91 bits per heavy atom. The molecule has 11 heavy (non-hydrogen) atoms. The van der Waals surface area contributed by atoms with Crippen LogP contribution in [-0.4, -0.2) is 16.8 Å². The van der Waals surface area contributed by atoms with Crippen LogP contribution in [0.5, 0.6) is 0 Å². The number of Topliss-reactive ketones (excluding diaryl/α,β-unsaturated/α-hetero) is 1. The average molecular weight is 150 g/mol. The van der Waals surface area contributed by atoms with Crippen LogP contribution < -0.4 is 0 Å². The van der Waals surface area contributed by atoms with E-state index in [1.807, 2.05) is 6.08 Å². The Hall–Kier alpha value is -1.47. The zero-order valence-corrected chi connectivity index (χ0v) is 6.23. The molecule has 0 spiro atoms. The van der Waals surface area contributed by atoms with E-state index in [4.69, 9.17) is 5.53 Å². The third-order valence-corrected chi connectivity index (χ3v) is 1.03. The summed E-state index contributed by atoms with van der Waals surface area (Å²) in [5.41, 5.74) is 7.95. The van der Waals surface area contributed by atoms with Gasteiger partial charge in [0.1, 0.15) is 0 Å². The van der Waals surface area contributed by atoms with Gasteiger partial charge in [-0.3, -0.25) is 4.79 Å². The van der Waals surface area contributed by atoms with Crippen LogP contribution in [0.4, 0.5) is 0 Å². The minimum Gasteiger partial charge on any atom is -0.361 e. The van der Waals surface area contributed by atoms with Crippen molar-refractivity contribution in [2.45, 2.75) is 12.8 Å². The fourth-order valence-electron chi connectivity index (χ4n) is 0.547. The fourth-order valence-corrected chi connectivity index (χ4v) is 0.547. The SMILES string of the molecule is C=CC=CCCC(=O)C=[N+]=[N-]. The molecule has 58 valence electrons. The van der Waals surface area contributed by atoms with E-state index >= 15 is 0 Å². The van der Waals surface area contributed by atoms with Gasteiger partial charge in [0.25, 0.3) is 0 Å². The van der Waals surface area contributed by atoms with Crippen molar-refractivity contribution in [3.8, 4) is 0 Å². The molecule has 0 unspecified atom stereocenters. The average Bonchev–Trinajstić information content (AvgIpc) is 1.99. The molecule has 0 aliphatic carbocycles. The van der Waals surface area contributed by atoms with Crippen LogP contribution in [0.15, 0.2) is 24.8 Å². The van der Waals surface area contributed by atoms with E-state index in [0.29, 0.717) is 12.8 Å². The van der Waals surface area contributed by atoms with Crippen molar-refractivity contribution in [1.29, 1.82) is 0 Å². The van der Waals surface area contributed by atoms with Crippen molar-refractivity contribution in [1.82, 2.24) is 0 Å². The molecule has 0 saturated carbocycles. The van der Waals surface area contributed by atoms with Gasteiger partial charge in [0.15, 0.2) is 0 Å². The maximum absolute atomic E-state index is 10.6. The molecule has 0 rings (SSSR count). The lowest BCUT2D eigenvalue weighted by Crippen LogP contribution is -1.97. The predicted octanol–water partition coefficient (Wildman–Crippen LogP) is 1.38. The largest absolute Gasteiger partial charge is 0.361 e. The van der Waals surface area contributed by atoms with Crippen molar-refractivity contribution in [3.05, 3.63) is 30.3 Å². The van der Waals surface area contributed by atoms with Gasteiger partial charge in [0, 0.05) is 6.42 Å². The zero-order valence-electron chi connectivity index (χ0n) is 6.23. The Kier molecular flexibility index (Phi) is 5.76. The van der Waals surface area contributed by atoms with Gasteiger partial charge in [-0.15, -0.1) is 0 Å². The predicted molar refractivity (Wildman–Crippen MR) is 43.3 cm³/mol. The Bertz CT molecular complexity index is 212. The fraction of sp³-hybridized carbons (Fsp3) is 0.250. The van der Waals surface area contributed by atoms with Crippen LogP contribution in [0.3, 0.4) is 0 Å². The molecule has 3 nitrogen and oxygen atoms in total. The highest BCUT2D eigenvalue weighted by Gasteiger charge is 1.98. The van der Waals surface area contributed by atoms with Crippen molar-refractivity contribution >= 4 is 12.0 Å². The minimum absolute atomic E-state index is 0.179. The van der Waals surface area contributed by atoms with Crippen molar-refractivity contribution in [3.63, 3.8) is 0 Å². The molecule has 0 N–H and O–H groups in total. The van der Waals surface area contributed by atoms with Gasteiger partial charge < -0.3 is 5.53 Å². The molecule has 0 heterocycles. The number of rotatable bonds is 5. The number of hydrogen-bond donors (Lipinski definition) is 0. The number of carbonyl (C=O) groups is 1. The Morgan fingerprint density at radius 2 is 2.36 bits per heavy atom. The van der Waals surface area contributed by atoms with E-state index in [0.717, 1.165) is 6.21 Å². The molecule has 0 aromatic heterocycles. The monoisotopic (exact) mass is 150 g/mol. The summed E-state index contributed by atoms with van der Waals surface area (Å²) in [5.74, 6) is -0.179. The summed E-state index contributed by atoms with van der Waals surface area (Å²) in [6, 6.07) is 0. The summed E-state index contributed by atoms with van der Waals surface area (Å²) in [6.07, 6.45) is 7.16. The summed E-state index contributed by atoms with van der Waals surface area (Å²) in [5, 5.41) is 0. The van der Waals surface area contributed by atoms with Crippen molar-refractivity contribution in [2.75, 3.05) is 0 Å². The summed E-state index contributed by atoms with van der Waals surface area (Å²) < 4.78 is 0. The van der Waals surface area contributed by atoms with E-state index in [9.17, 15) is 4.79 Å². The molecular weight excluding hydrogens is 140 g/mol. The molecule has 0 aromatic rings. The smallest absolute Gasteiger partial charge is 0.323 e. The number of ketones is 1. The van der Waals surface area contributed by atoms with Gasteiger partial charge in [-0.2, -0.15) is 4.79 Å². The summed E-state index contributed by atoms with van der Waals surface area (Å²) in [7, 11) is 0. The second-order valence-electron chi connectivity index (χ2n) is 1.91. The summed E-state index contributed by atoms with van der Waals surface area (Å²) >= 11 is 0. The first kappa shape index (κ1) is 9.53. The highest BCUT2D eigenvalue weighted by molar-refractivity contribution is 6.25. The first-order chi connectivity index (χ1) is 5.31. The Morgan fingerprint density at radius 1 is 1.64 bits per heavy atom. The van der Waals surface area contributed by atoms with Crippen molar-refractivity contribution in [2.24, 2.45) is 0 Å². The molecule has 0 aliphatic heterocycles. The molecule has 3 heteroatoms. The highest BCUT2D eigenvalue weighted by Crippen LogP contribution is 1.90. The van der Waals surface area contributed by atoms with E-state index in [1.54, 1.807) is 12.2 Å². The molecule has 0 aromatic carbocycles. The van der Waals surface area contributed by atoms with Crippen LogP contribution in [0.1, 0.15) is 12.8 Å². The van der Waals surface area contributed by atoms with Gasteiger partial charge in [-0.05, 0) is 6.42 Å². The van der Waals surface area contributed by atoms with Gasteiger partial charge in [-0.25, -0.2) is 0 Å². The second-order valence-corrected chi connectivity index (χ2v) is 1.91. The molecule has 0 saturated heterocycles. The second kappa shape index (κ2) is 6.65. The number of nitrogens with zero attached hydrogens (tertiary/aromatic N) is 2. The maximum atomic E-state index is 10.6. The maximum Gasteiger partial charge on any atom is 0.323 e. The van der Waals surface area contributed by atoms with E-state index in [2.05, 4.69) is 11.4 Å². The molecular formula is C8H10N2O. The molecule has 0 bridgehead atoms. The van der Waals surface area contributed by atoms with Gasteiger partial charge in [0.2, 0.25) is 5.78 Å².